The van der Waals surface area contributed by atoms with Crippen molar-refractivity contribution in [2.45, 2.75) is 33.6 Å². The number of carbonyl (C=O) groups excluding carboxylic acids is 2. The second-order valence-corrected chi connectivity index (χ2v) is 6.59. The normalized spacial score (nSPS) is 17.0. The monoisotopic (exact) mass is 336 g/mol. The largest absolute Gasteiger partial charge is 0.325 e. The van der Waals surface area contributed by atoms with Crippen LogP contribution < -0.4 is 10.2 Å². The van der Waals surface area contributed by atoms with E-state index >= 15 is 0 Å². The van der Waals surface area contributed by atoms with Crippen molar-refractivity contribution in [2.24, 2.45) is 5.92 Å². The van der Waals surface area contributed by atoms with E-state index in [-0.39, 0.29) is 11.8 Å². The summed E-state index contributed by atoms with van der Waals surface area (Å²) in [6, 6.07) is 13.8. The Morgan fingerprint density at radius 2 is 1.88 bits per heavy atom. The van der Waals surface area contributed by atoms with E-state index in [1.54, 1.807) is 4.90 Å². The highest BCUT2D eigenvalue weighted by atomic mass is 16.2. The molecular weight excluding hydrogens is 312 g/mol. The smallest absolute Gasteiger partial charge is 0.239 e. The molecule has 0 spiro atoms. The first-order valence-corrected chi connectivity index (χ1v) is 8.78. The number of carbonyl (C=O) groups is 2. The molecule has 0 aliphatic carbocycles. The van der Waals surface area contributed by atoms with Crippen LogP contribution in [0.15, 0.2) is 42.5 Å². The Hall–Kier alpha value is -2.62. The summed E-state index contributed by atoms with van der Waals surface area (Å²) < 4.78 is 0. The molecule has 1 aliphatic rings. The maximum Gasteiger partial charge on any atom is 0.239 e. The lowest BCUT2D eigenvalue weighted by Crippen LogP contribution is -2.33. The average Bonchev–Trinajstić information content (AvgIpc) is 3.00. The van der Waals surface area contributed by atoms with Crippen LogP contribution in [0.1, 0.15) is 30.0 Å². The Labute approximate surface area is 148 Å². The van der Waals surface area contributed by atoms with E-state index < -0.39 is 5.92 Å². The summed E-state index contributed by atoms with van der Waals surface area (Å²) in [5, 5.41) is 2.93. The molecule has 1 N–H and O–H groups in total. The number of hydrogen-bond acceptors (Lipinski definition) is 2. The maximum absolute atomic E-state index is 12.7. The zero-order chi connectivity index (χ0) is 18.0. The third-order valence-corrected chi connectivity index (χ3v) is 5.04. The number of nitrogens with one attached hydrogen (secondary N) is 1. The van der Waals surface area contributed by atoms with Crippen LogP contribution in [0.5, 0.6) is 0 Å². The van der Waals surface area contributed by atoms with Gasteiger partial charge in [0.1, 0.15) is 5.92 Å². The van der Waals surface area contributed by atoms with Crippen LogP contribution in [0, 0.1) is 19.8 Å². The van der Waals surface area contributed by atoms with Crippen LogP contribution >= 0.6 is 0 Å². The molecule has 1 fully saturated rings. The van der Waals surface area contributed by atoms with Crippen molar-refractivity contribution in [2.75, 3.05) is 16.8 Å². The molecule has 0 aromatic heterocycles. The number of aryl methyl sites for hydroxylation is 2. The van der Waals surface area contributed by atoms with Gasteiger partial charge in [0, 0.05) is 17.9 Å². The van der Waals surface area contributed by atoms with Crippen molar-refractivity contribution in [3.05, 3.63) is 59.2 Å². The quantitative estimate of drug-likeness (QED) is 0.862. The van der Waals surface area contributed by atoms with Gasteiger partial charge >= 0.3 is 0 Å². The highest BCUT2D eigenvalue weighted by Crippen LogP contribution is 2.27. The fourth-order valence-electron chi connectivity index (χ4n) is 3.20. The number of nitrogens with zero attached hydrogens (tertiary/aromatic N) is 1. The topological polar surface area (TPSA) is 49.4 Å². The Balaban J connectivity index is 1.72. The van der Waals surface area contributed by atoms with Gasteiger partial charge in [-0.25, -0.2) is 0 Å². The Bertz CT molecular complexity index is 796. The molecule has 0 bridgehead atoms. The van der Waals surface area contributed by atoms with Crippen LogP contribution in [0.25, 0.3) is 0 Å². The van der Waals surface area contributed by atoms with E-state index in [0.717, 1.165) is 28.9 Å². The second-order valence-electron chi connectivity index (χ2n) is 6.59. The van der Waals surface area contributed by atoms with Crippen LogP contribution in [-0.2, 0) is 16.0 Å². The predicted octanol–water partition coefficient (Wildman–Crippen LogP) is 3.86. The molecule has 0 unspecified atom stereocenters. The molecule has 4 heteroatoms. The van der Waals surface area contributed by atoms with Crippen molar-refractivity contribution in [3.63, 3.8) is 0 Å². The average molecular weight is 336 g/mol. The minimum absolute atomic E-state index is 0.118. The van der Waals surface area contributed by atoms with E-state index in [4.69, 9.17) is 0 Å². The number of rotatable bonds is 4. The Morgan fingerprint density at radius 3 is 2.56 bits per heavy atom. The molecule has 25 heavy (non-hydrogen) atoms. The summed E-state index contributed by atoms with van der Waals surface area (Å²) in [6.07, 6.45) is 1.51. The van der Waals surface area contributed by atoms with Crippen LogP contribution in [0.4, 0.5) is 11.4 Å². The summed E-state index contributed by atoms with van der Waals surface area (Å²) in [5.41, 5.74) is 5.04. The number of benzene rings is 2. The molecule has 1 aliphatic heterocycles. The Morgan fingerprint density at radius 1 is 1.16 bits per heavy atom. The van der Waals surface area contributed by atoms with E-state index in [0.29, 0.717) is 13.0 Å². The predicted molar refractivity (Wildman–Crippen MR) is 101 cm³/mol. The highest BCUT2D eigenvalue weighted by molar-refractivity contribution is 6.13. The van der Waals surface area contributed by atoms with Crippen molar-refractivity contribution in [3.8, 4) is 0 Å². The number of hydrogen-bond donors (Lipinski definition) is 1. The molecule has 2 aromatic rings. The van der Waals surface area contributed by atoms with Gasteiger partial charge in [-0.15, -0.1) is 0 Å². The molecule has 0 radical (unpaired) electrons. The number of amides is 2. The van der Waals surface area contributed by atoms with Gasteiger partial charge in [-0.3, -0.25) is 9.59 Å². The van der Waals surface area contributed by atoms with Gasteiger partial charge in [-0.05, 0) is 61.6 Å². The van der Waals surface area contributed by atoms with E-state index in [9.17, 15) is 9.59 Å². The number of anilines is 2. The third-order valence-electron chi connectivity index (χ3n) is 5.04. The van der Waals surface area contributed by atoms with E-state index in [1.165, 1.54) is 5.56 Å². The van der Waals surface area contributed by atoms with Crippen molar-refractivity contribution < 1.29 is 9.59 Å². The first-order valence-electron chi connectivity index (χ1n) is 8.78. The van der Waals surface area contributed by atoms with E-state index in [2.05, 4.69) is 12.2 Å². The minimum Gasteiger partial charge on any atom is -0.325 e. The Kier molecular flexibility index (Phi) is 4.88. The van der Waals surface area contributed by atoms with E-state index in [1.807, 2.05) is 56.3 Å². The van der Waals surface area contributed by atoms with Crippen molar-refractivity contribution in [1.82, 2.24) is 0 Å². The molecule has 1 atom stereocenters. The second kappa shape index (κ2) is 7.09. The van der Waals surface area contributed by atoms with Crippen LogP contribution in [0.3, 0.4) is 0 Å². The summed E-state index contributed by atoms with van der Waals surface area (Å²) in [5.74, 6) is -0.954. The lowest BCUT2D eigenvalue weighted by molar-refractivity contribution is -0.129. The molecular formula is C21H24N2O2. The first kappa shape index (κ1) is 17.2. The molecule has 2 amide bonds. The maximum atomic E-state index is 12.7. The first-order chi connectivity index (χ1) is 12.0. The molecule has 1 heterocycles. The lowest BCUT2D eigenvalue weighted by Gasteiger charge is -2.17. The summed E-state index contributed by atoms with van der Waals surface area (Å²) in [4.78, 5) is 27.0. The standard InChI is InChI=1S/C21H24N2O2/c1-4-16-8-10-17(11-9-16)23-13-12-18(21(23)25)20(24)22-19-7-5-6-14(2)15(19)3/h5-11,18H,4,12-13H2,1-3H3,(H,22,24)/t18-/m1/s1. The SMILES string of the molecule is CCc1ccc(N2CC[C@H](C(=O)Nc3cccc(C)c3C)C2=O)cc1. The summed E-state index contributed by atoms with van der Waals surface area (Å²) >= 11 is 0. The molecule has 4 nitrogen and oxygen atoms in total. The molecule has 0 saturated carbocycles. The molecule has 3 rings (SSSR count). The summed E-state index contributed by atoms with van der Waals surface area (Å²) in [6.45, 7) is 6.66. The minimum atomic E-state index is -0.620. The van der Waals surface area contributed by atoms with Crippen LogP contribution in [-0.4, -0.2) is 18.4 Å². The highest BCUT2D eigenvalue weighted by Gasteiger charge is 2.37. The van der Waals surface area contributed by atoms with Gasteiger partial charge in [0.15, 0.2) is 0 Å². The van der Waals surface area contributed by atoms with Crippen LogP contribution in [0.2, 0.25) is 0 Å². The zero-order valence-corrected chi connectivity index (χ0v) is 15.0. The van der Waals surface area contributed by atoms with Gasteiger partial charge in [0.25, 0.3) is 0 Å². The molecule has 2 aromatic carbocycles. The lowest BCUT2D eigenvalue weighted by atomic mass is 10.1. The van der Waals surface area contributed by atoms with Gasteiger partial charge in [0.2, 0.25) is 11.8 Å². The van der Waals surface area contributed by atoms with Crippen molar-refractivity contribution in [1.29, 1.82) is 0 Å². The fourth-order valence-corrected chi connectivity index (χ4v) is 3.20. The third kappa shape index (κ3) is 3.43. The summed E-state index contributed by atoms with van der Waals surface area (Å²) in [7, 11) is 0. The van der Waals surface area contributed by atoms with Gasteiger partial charge in [0.05, 0.1) is 0 Å². The molecule has 130 valence electrons. The zero-order valence-electron chi connectivity index (χ0n) is 15.0. The van der Waals surface area contributed by atoms with Gasteiger partial charge in [-0.1, -0.05) is 31.2 Å². The van der Waals surface area contributed by atoms with Crippen molar-refractivity contribution >= 4 is 23.2 Å². The van der Waals surface area contributed by atoms with Gasteiger partial charge < -0.3 is 10.2 Å². The molecule has 1 saturated heterocycles. The van der Waals surface area contributed by atoms with Gasteiger partial charge in [-0.2, -0.15) is 0 Å². The fraction of sp³-hybridized carbons (Fsp3) is 0.333.